The van der Waals surface area contributed by atoms with E-state index in [1.165, 1.54) is 22.4 Å². The second kappa shape index (κ2) is 7.23. The second-order valence-corrected chi connectivity index (χ2v) is 5.60. The number of benzene rings is 1. The van der Waals surface area contributed by atoms with Gasteiger partial charge in [0.05, 0.1) is 0 Å². The quantitative estimate of drug-likeness (QED) is 0.813. The maximum absolute atomic E-state index is 4.50. The Morgan fingerprint density at radius 1 is 1.10 bits per heavy atom. The molecule has 3 nitrogen and oxygen atoms in total. The van der Waals surface area contributed by atoms with E-state index in [1.54, 1.807) is 0 Å². The predicted octanol–water partition coefficient (Wildman–Crippen LogP) is 3.97. The third-order valence-electron chi connectivity index (χ3n) is 3.50. The zero-order valence-corrected chi connectivity index (χ0v) is 13.5. The average Bonchev–Trinajstić information content (AvgIpc) is 2.46. The van der Waals surface area contributed by atoms with Crippen molar-refractivity contribution in [2.75, 3.05) is 18.5 Å². The Morgan fingerprint density at radius 3 is 2.48 bits per heavy atom. The van der Waals surface area contributed by atoms with Gasteiger partial charge in [-0.15, -0.1) is 0 Å². The van der Waals surface area contributed by atoms with Crippen LogP contribution in [0.25, 0.3) is 0 Å². The Balaban J connectivity index is 2.18. The first-order valence-electron chi connectivity index (χ1n) is 7.58. The minimum atomic E-state index is 0.893. The molecule has 1 heterocycles. The van der Waals surface area contributed by atoms with Crippen LogP contribution < -0.4 is 10.2 Å². The molecule has 21 heavy (non-hydrogen) atoms. The molecule has 0 fully saturated rings. The molecule has 0 aliphatic carbocycles. The standard InChI is InChI=1S/C18H25N3/c1-5-7-19-13-16-6-8-20-18(12-16)21(4)17-10-14(2)9-15(3)11-17/h6,8-12,19H,5,7,13H2,1-4H3. The third kappa shape index (κ3) is 4.30. The summed E-state index contributed by atoms with van der Waals surface area (Å²) >= 11 is 0. The number of hydrogen-bond acceptors (Lipinski definition) is 3. The molecule has 1 N–H and O–H groups in total. The molecule has 0 aliphatic rings. The average molecular weight is 283 g/mol. The number of hydrogen-bond donors (Lipinski definition) is 1. The first kappa shape index (κ1) is 15.5. The normalized spacial score (nSPS) is 10.7. The summed E-state index contributed by atoms with van der Waals surface area (Å²) < 4.78 is 0. The zero-order valence-electron chi connectivity index (χ0n) is 13.5. The molecule has 0 saturated heterocycles. The molecule has 112 valence electrons. The summed E-state index contributed by atoms with van der Waals surface area (Å²) in [7, 11) is 2.07. The number of anilines is 2. The highest BCUT2D eigenvalue weighted by atomic mass is 15.2. The monoisotopic (exact) mass is 283 g/mol. The molecule has 0 saturated carbocycles. The van der Waals surface area contributed by atoms with E-state index in [-0.39, 0.29) is 0 Å². The topological polar surface area (TPSA) is 28.2 Å². The van der Waals surface area contributed by atoms with Crippen molar-refractivity contribution in [3.05, 3.63) is 53.2 Å². The van der Waals surface area contributed by atoms with E-state index in [0.717, 1.165) is 25.3 Å². The molecule has 0 spiro atoms. The van der Waals surface area contributed by atoms with Crippen LogP contribution in [-0.2, 0) is 6.54 Å². The van der Waals surface area contributed by atoms with Crippen LogP contribution in [0.2, 0.25) is 0 Å². The smallest absolute Gasteiger partial charge is 0.132 e. The van der Waals surface area contributed by atoms with Gasteiger partial charge >= 0.3 is 0 Å². The van der Waals surface area contributed by atoms with Gasteiger partial charge in [-0.05, 0) is 67.8 Å². The summed E-state index contributed by atoms with van der Waals surface area (Å²) in [5, 5.41) is 3.43. The summed E-state index contributed by atoms with van der Waals surface area (Å²) in [6.07, 6.45) is 3.04. The SMILES string of the molecule is CCCNCc1ccnc(N(C)c2cc(C)cc(C)c2)c1. The lowest BCUT2D eigenvalue weighted by Crippen LogP contribution is -2.15. The highest BCUT2D eigenvalue weighted by Gasteiger charge is 2.07. The minimum absolute atomic E-state index is 0.893. The van der Waals surface area contributed by atoms with E-state index >= 15 is 0 Å². The van der Waals surface area contributed by atoms with Gasteiger partial charge in [-0.25, -0.2) is 4.98 Å². The highest BCUT2D eigenvalue weighted by Crippen LogP contribution is 2.24. The highest BCUT2D eigenvalue weighted by molar-refractivity contribution is 5.61. The van der Waals surface area contributed by atoms with Crippen LogP contribution in [0.15, 0.2) is 36.5 Å². The van der Waals surface area contributed by atoms with E-state index in [1.807, 2.05) is 6.20 Å². The van der Waals surface area contributed by atoms with Crippen LogP contribution in [0.3, 0.4) is 0 Å². The van der Waals surface area contributed by atoms with Crippen molar-refractivity contribution in [2.45, 2.75) is 33.7 Å². The van der Waals surface area contributed by atoms with Crippen LogP contribution in [0, 0.1) is 13.8 Å². The fourth-order valence-corrected chi connectivity index (χ4v) is 2.44. The molecule has 0 atom stereocenters. The number of aromatic nitrogens is 1. The zero-order chi connectivity index (χ0) is 15.2. The molecule has 2 rings (SSSR count). The first-order valence-corrected chi connectivity index (χ1v) is 7.58. The molecule has 0 bridgehead atoms. The fourth-order valence-electron chi connectivity index (χ4n) is 2.44. The maximum atomic E-state index is 4.50. The van der Waals surface area contributed by atoms with Crippen LogP contribution >= 0.6 is 0 Å². The van der Waals surface area contributed by atoms with Crippen molar-refractivity contribution in [2.24, 2.45) is 0 Å². The van der Waals surface area contributed by atoms with Crippen molar-refractivity contribution in [3.63, 3.8) is 0 Å². The molecular weight excluding hydrogens is 258 g/mol. The predicted molar refractivity (Wildman–Crippen MR) is 90.2 cm³/mol. The summed E-state index contributed by atoms with van der Waals surface area (Å²) in [5.41, 5.74) is 5.00. The summed E-state index contributed by atoms with van der Waals surface area (Å²) in [4.78, 5) is 6.64. The largest absolute Gasteiger partial charge is 0.329 e. The van der Waals surface area contributed by atoms with E-state index in [4.69, 9.17) is 0 Å². The van der Waals surface area contributed by atoms with E-state index < -0.39 is 0 Å². The summed E-state index contributed by atoms with van der Waals surface area (Å²) in [6, 6.07) is 10.8. The fraction of sp³-hybridized carbons (Fsp3) is 0.389. The number of aryl methyl sites for hydroxylation is 2. The van der Waals surface area contributed by atoms with Crippen LogP contribution in [0.4, 0.5) is 11.5 Å². The van der Waals surface area contributed by atoms with Gasteiger partial charge in [0.2, 0.25) is 0 Å². The molecule has 0 unspecified atom stereocenters. The van der Waals surface area contributed by atoms with Gasteiger partial charge in [0.1, 0.15) is 5.82 Å². The van der Waals surface area contributed by atoms with Crippen molar-refractivity contribution in [3.8, 4) is 0 Å². The first-order chi connectivity index (χ1) is 10.1. The molecule has 2 aromatic rings. The molecule has 3 heteroatoms. The molecule has 0 aliphatic heterocycles. The summed E-state index contributed by atoms with van der Waals surface area (Å²) in [6.45, 7) is 8.37. The number of rotatable bonds is 6. The Kier molecular flexibility index (Phi) is 5.34. The van der Waals surface area contributed by atoms with Gasteiger partial charge in [-0.2, -0.15) is 0 Å². The van der Waals surface area contributed by atoms with E-state index in [9.17, 15) is 0 Å². The lowest BCUT2D eigenvalue weighted by Gasteiger charge is -2.20. The third-order valence-corrected chi connectivity index (χ3v) is 3.50. The lowest BCUT2D eigenvalue weighted by molar-refractivity contribution is 0.675. The Bertz CT molecular complexity index is 573. The van der Waals surface area contributed by atoms with E-state index in [2.05, 4.69) is 73.4 Å². The van der Waals surface area contributed by atoms with Crippen LogP contribution in [-0.4, -0.2) is 18.6 Å². The Morgan fingerprint density at radius 2 is 1.81 bits per heavy atom. The van der Waals surface area contributed by atoms with E-state index in [0.29, 0.717) is 0 Å². The molecule has 1 aromatic heterocycles. The van der Waals surface area contributed by atoms with Gasteiger partial charge in [0, 0.05) is 25.5 Å². The van der Waals surface area contributed by atoms with Gasteiger partial charge in [-0.3, -0.25) is 0 Å². The number of nitrogens with zero attached hydrogens (tertiary/aromatic N) is 2. The molecular formula is C18H25N3. The van der Waals surface area contributed by atoms with Crippen molar-refractivity contribution < 1.29 is 0 Å². The maximum Gasteiger partial charge on any atom is 0.132 e. The molecule has 0 amide bonds. The Hall–Kier alpha value is -1.87. The van der Waals surface area contributed by atoms with Crippen LogP contribution in [0.5, 0.6) is 0 Å². The van der Waals surface area contributed by atoms with Crippen molar-refractivity contribution in [1.29, 1.82) is 0 Å². The van der Waals surface area contributed by atoms with Crippen molar-refractivity contribution >= 4 is 11.5 Å². The van der Waals surface area contributed by atoms with Gasteiger partial charge in [0.25, 0.3) is 0 Å². The second-order valence-electron chi connectivity index (χ2n) is 5.60. The van der Waals surface area contributed by atoms with Gasteiger partial charge in [-0.1, -0.05) is 13.0 Å². The van der Waals surface area contributed by atoms with Gasteiger partial charge < -0.3 is 10.2 Å². The van der Waals surface area contributed by atoms with Crippen molar-refractivity contribution in [1.82, 2.24) is 10.3 Å². The van der Waals surface area contributed by atoms with Crippen LogP contribution in [0.1, 0.15) is 30.0 Å². The summed E-state index contributed by atoms with van der Waals surface area (Å²) in [5.74, 6) is 0.982. The molecule has 1 aromatic carbocycles. The molecule has 0 radical (unpaired) electrons. The number of nitrogens with one attached hydrogen (secondary N) is 1. The van der Waals surface area contributed by atoms with Gasteiger partial charge in [0.15, 0.2) is 0 Å². The Labute approximate surface area is 128 Å². The lowest BCUT2D eigenvalue weighted by atomic mass is 10.1. The number of pyridine rings is 1. The minimum Gasteiger partial charge on any atom is -0.329 e.